The van der Waals surface area contributed by atoms with Gasteiger partial charge in [-0.05, 0) is 42.2 Å². The Bertz CT molecular complexity index is 848. The van der Waals surface area contributed by atoms with Crippen LogP contribution in [0.15, 0.2) is 58.3 Å². The smallest absolute Gasteiger partial charge is 0.264 e. The van der Waals surface area contributed by atoms with Crippen molar-refractivity contribution in [2.75, 3.05) is 17.1 Å². The SMILES string of the molecule is CSc1ccc(S(=O)(=O)N2C[C@H](C(N)=O)c3ccccc32)cc1. The van der Waals surface area contributed by atoms with Crippen LogP contribution in [0.25, 0.3) is 0 Å². The fourth-order valence-electron chi connectivity index (χ4n) is 2.72. The zero-order valence-electron chi connectivity index (χ0n) is 12.5. The van der Waals surface area contributed by atoms with E-state index >= 15 is 0 Å². The van der Waals surface area contributed by atoms with Gasteiger partial charge in [-0.3, -0.25) is 9.10 Å². The zero-order chi connectivity index (χ0) is 16.6. The topological polar surface area (TPSA) is 80.5 Å². The summed E-state index contributed by atoms with van der Waals surface area (Å²) in [4.78, 5) is 12.8. The third-order valence-electron chi connectivity index (χ3n) is 3.92. The van der Waals surface area contributed by atoms with Crippen LogP contribution in [0.3, 0.4) is 0 Å². The minimum absolute atomic E-state index is 0.0429. The molecule has 0 unspecified atom stereocenters. The normalized spacial score (nSPS) is 17.1. The molecule has 0 aromatic heterocycles. The van der Waals surface area contributed by atoms with Crippen molar-refractivity contribution < 1.29 is 13.2 Å². The van der Waals surface area contributed by atoms with Crippen LogP contribution >= 0.6 is 11.8 Å². The molecular formula is C16H16N2O3S2. The fourth-order valence-corrected chi connectivity index (χ4v) is 4.63. The van der Waals surface area contributed by atoms with Crippen LogP contribution in [0, 0.1) is 0 Å². The third kappa shape index (κ3) is 2.70. The summed E-state index contributed by atoms with van der Waals surface area (Å²) >= 11 is 1.54. The van der Waals surface area contributed by atoms with Gasteiger partial charge in [-0.15, -0.1) is 11.8 Å². The number of hydrogen-bond acceptors (Lipinski definition) is 4. The van der Waals surface area contributed by atoms with Gasteiger partial charge in [-0.25, -0.2) is 8.42 Å². The van der Waals surface area contributed by atoms with Crippen molar-refractivity contribution in [1.82, 2.24) is 0 Å². The van der Waals surface area contributed by atoms with E-state index in [1.165, 1.54) is 4.31 Å². The van der Waals surface area contributed by atoms with E-state index in [-0.39, 0.29) is 11.4 Å². The number of rotatable bonds is 4. The van der Waals surface area contributed by atoms with E-state index in [1.54, 1.807) is 60.3 Å². The van der Waals surface area contributed by atoms with Crippen molar-refractivity contribution in [1.29, 1.82) is 0 Å². The first-order valence-corrected chi connectivity index (χ1v) is 9.66. The first-order valence-electron chi connectivity index (χ1n) is 7.00. The Balaban J connectivity index is 2.05. The van der Waals surface area contributed by atoms with Crippen LogP contribution in [0.5, 0.6) is 0 Å². The molecular weight excluding hydrogens is 332 g/mol. The molecule has 23 heavy (non-hydrogen) atoms. The lowest BCUT2D eigenvalue weighted by molar-refractivity contribution is -0.119. The highest BCUT2D eigenvalue weighted by molar-refractivity contribution is 7.98. The van der Waals surface area contributed by atoms with Gasteiger partial charge in [0, 0.05) is 4.90 Å². The molecule has 3 rings (SSSR count). The van der Waals surface area contributed by atoms with Gasteiger partial charge >= 0.3 is 0 Å². The molecule has 0 aliphatic carbocycles. The van der Waals surface area contributed by atoms with Crippen LogP contribution in [0.1, 0.15) is 11.5 Å². The Labute approximate surface area is 139 Å². The van der Waals surface area contributed by atoms with Crippen molar-refractivity contribution in [3.05, 3.63) is 54.1 Å². The second-order valence-electron chi connectivity index (χ2n) is 5.23. The molecule has 0 spiro atoms. The van der Waals surface area contributed by atoms with Gasteiger partial charge in [0.25, 0.3) is 10.0 Å². The van der Waals surface area contributed by atoms with Crippen molar-refractivity contribution in [2.24, 2.45) is 5.73 Å². The van der Waals surface area contributed by atoms with Crippen LogP contribution < -0.4 is 10.0 Å². The lowest BCUT2D eigenvalue weighted by Gasteiger charge is -2.20. The number of carbonyl (C=O) groups is 1. The van der Waals surface area contributed by atoms with Crippen molar-refractivity contribution in [3.8, 4) is 0 Å². The maximum atomic E-state index is 12.9. The van der Waals surface area contributed by atoms with Gasteiger partial charge in [0.1, 0.15) is 0 Å². The number of amides is 1. The number of hydrogen-bond donors (Lipinski definition) is 1. The largest absolute Gasteiger partial charge is 0.369 e. The maximum Gasteiger partial charge on any atom is 0.264 e. The highest BCUT2D eigenvalue weighted by Gasteiger charge is 2.38. The average Bonchev–Trinajstić information content (AvgIpc) is 2.95. The summed E-state index contributed by atoms with van der Waals surface area (Å²) in [5.74, 6) is -1.14. The van der Waals surface area contributed by atoms with Crippen LogP contribution in [0.4, 0.5) is 5.69 Å². The Morgan fingerprint density at radius 2 is 1.83 bits per heavy atom. The predicted octanol–water partition coefficient (Wildman–Crippen LogP) is 2.19. The number of para-hydroxylation sites is 1. The van der Waals surface area contributed by atoms with Gasteiger partial charge in [0.2, 0.25) is 5.91 Å². The van der Waals surface area contributed by atoms with Gasteiger partial charge in [-0.2, -0.15) is 0 Å². The molecule has 0 saturated carbocycles. The van der Waals surface area contributed by atoms with E-state index in [4.69, 9.17) is 5.73 Å². The van der Waals surface area contributed by atoms with E-state index in [9.17, 15) is 13.2 Å². The molecule has 0 bridgehead atoms. The van der Waals surface area contributed by atoms with Gasteiger partial charge < -0.3 is 5.73 Å². The van der Waals surface area contributed by atoms with E-state index < -0.39 is 21.8 Å². The Morgan fingerprint density at radius 1 is 1.17 bits per heavy atom. The first-order chi connectivity index (χ1) is 10.9. The highest BCUT2D eigenvalue weighted by Crippen LogP contribution is 2.39. The molecule has 120 valence electrons. The molecule has 1 heterocycles. The van der Waals surface area contributed by atoms with Gasteiger partial charge in [0.05, 0.1) is 23.0 Å². The molecule has 7 heteroatoms. The molecule has 1 amide bonds. The average molecular weight is 348 g/mol. The molecule has 2 N–H and O–H groups in total. The molecule has 1 aliphatic heterocycles. The number of primary amides is 1. The molecule has 0 saturated heterocycles. The number of nitrogens with two attached hydrogens (primary N) is 1. The lowest BCUT2D eigenvalue weighted by atomic mass is 10.0. The van der Waals surface area contributed by atoms with Crippen molar-refractivity contribution >= 4 is 33.4 Å². The summed E-state index contributed by atoms with van der Waals surface area (Å²) in [6.07, 6.45) is 1.93. The number of sulfonamides is 1. The van der Waals surface area contributed by atoms with Gasteiger partial charge in [-0.1, -0.05) is 18.2 Å². The molecule has 2 aromatic carbocycles. The molecule has 1 aliphatic rings. The minimum atomic E-state index is -3.73. The van der Waals surface area contributed by atoms with E-state index in [0.717, 1.165) is 4.90 Å². The number of carbonyl (C=O) groups excluding carboxylic acids is 1. The summed E-state index contributed by atoms with van der Waals surface area (Å²) in [6, 6.07) is 13.7. The summed E-state index contributed by atoms with van der Waals surface area (Å²) in [5, 5.41) is 0. The predicted molar refractivity (Wildman–Crippen MR) is 91.1 cm³/mol. The van der Waals surface area contributed by atoms with Crippen LogP contribution in [0.2, 0.25) is 0 Å². The second-order valence-corrected chi connectivity index (χ2v) is 7.97. The maximum absolute atomic E-state index is 12.9. The molecule has 5 nitrogen and oxygen atoms in total. The zero-order valence-corrected chi connectivity index (χ0v) is 14.1. The first kappa shape index (κ1) is 15.9. The number of nitrogens with zero attached hydrogens (tertiary/aromatic N) is 1. The molecule has 1 atom stereocenters. The molecule has 2 aromatic rings. The standard InChI is InChI=1S/C16H16N2O3S2/c1-22-11-6-8-12(9-7-11)23(20,21)18-10-14(16(17)19)13-4-2-3-5-15(13)18/h2-9,14H,10H2,1H3,(H2,17,19)/t14-/m0/s1. The van der Waals surface area contributed by atoms with E-state index in [2.05, 4.69) is 0 Å². The Morgan fingerprint density at radius 3 is 2.43 bits per heavy atom. The lowest BCUT2D eigenvalue weighted by Crippen LogP contribution is -2.33. The third-order valence-corrected chi connectivity index (χ3v) is 6.46. The summed E-state index contributed by atoms with van der Waals surface area (Å²) in [6.45, 7) is 0.0429. The van der Waals surface area contributed by atoms with Crippen LogP contribution in [-0.4, -0.2) is 27.1 Å². The second kappa shape index (κ2) is 5.90. The minimum Gasteiger partial charge on any atom is -0.369 e. The van der Waals surface area contributed by atoms with E-state index in [1.807, 2.05) is 6.26 Å². The van der Waals surface area contributed by atoms with Gasteiger partial charge in [0.15, 0.2) is 0 Å². The number of thioether (sulfide) groups is 1. The number of benzene rings is 2. The summed E-state index contributed by atoms with van der Waals surface area (Å²) in [5.41, 5.74) is 6.61. The Hall–Kier alpha value is -1.99. The molecule has 0 fully saturated rings. The van der Waals surface area contributed by atoms with Crippen LogP contribution in [-0.2, 0) is 14.8 Å². The Kier molecular flexibility index (Phi) is 4.08. The number of anilines is 1. The highest BCUT2D eigenvalue weighted by atomic mass is 32.2. The summed E-state index contributed by atoms with van der Waals surface area (Å²) in [7, 11) is -3.73. The fraction of sp³-hybridized carbons (Fsp3) is 0.188. The van der Waals surface area contributed by atoms with Crippen molar-refractivity contribution in [3.63, 3.8) is 0 Å². The van der Waals surface area contributed by atoms with E-state index in [0.29, 0.717) is 11.3 Å². The molecule has 0 radical (unpaired) electrons. The summed E-state index contributed by atoms with van der Waals surface area (Å²) < 4.78 is 27.1. The number of fused-ring (bicyclic) bond motifs is 1. The monoisotopic (exact) mass is 348 g/mol. The van der Waals surface area contributed by atoms with Crippen molar-refractivity contribution in [2.45, 2.75) is 15.7 Å². The quantitative estimate of drug-likeness (QED) is 0.859.